The van der Waals surface area contributed by atoms with E-state index < -0.39 is 8.24 Å². The van der Waals surface area contributed by atoms with Gasteiger partial charge in [-0.3, -0.25) is 0 Å². The van der Waals surface area contributed by atoms with E-state index in [0.29, 0.717) is 0 Å². The third kappa shape index (κ3) is 1.95. The lowest BCUT2D eigenvalue weighted by atomic mass is 10.0. The number of fused-ring (bicyclic) bond motifs is 2. The minimum absolute atomic E-state index is 1.19. The molecule has 1 nitrogen and oxygen atoms in total. The lowest BCUT2D eigenvalue weighted by molar-refractivity contribution is 0.843. The van der Waals surface area contributed by atoms with Gasteiger partial charge in [-0.1, -0.05) is 61.4 Å². The molecule has 1 fully saturated rings. The molecule has 2 heteroatoms. The van der Waals surface area contributed by atoms with Crippen LogP contribution in [0.5, 0.6) is 0 Å². The van der Waals surface area contributed by atoms with Gasteiger partial charge < -0.3 is 4.98 Å². The first-order valence-electron chi connectivity index (χ1n) is 7.81. The minimum Gasteiger partial charge on any atom is -0.333 e. The average molecular weight is 279 g/mol. The largest absolute Gasteiger partial charge is 0.333 e. The number of hydrogen-bond acceptors (Lipinski definition) is 1. The molecular formula is C18H21NSi. The summed E-state index contributed by atoms with van der Waals surface area (Å²) in [5.41, 5.74) is 4.35. The molecule has 0 radical (unpaired) electrons. The molecule has 2 aromatic rings. The maximum Gasteiger partial charge on any atom is 0.158 e. The number of rotatable bonds is 1. The molecule has 0 aromatic heterocycles. The van der Waals surface area contributed by atoms with Crippen molar-refractivity contribution in [1.29, 1.82) is 0 Å². The lowest BCUT2D eigenvalue weighted by Crippen LogP contribution is -2.62. The Bertz CT molecular complexity index is 615. The van der Waals surface area contributed by atoms with Crippen LogP contribution < -0.4 is 10.2 Å². The molecule has 2 aliphatic heterocycles. The summed E-state index contributed by atoms with van der Waals surface area (Å²) in [6.45, 7) is 1.19. The van der Waals surface area contributed by atoms with E-state index in [1.807, 2.05) is 0 Å². The van der Waals surface area contributed by atoms with Crippen molar-refractivity contribution >= 4 is 13.4 Å². The van der Waals surface area contributed by atoms with Gasteiger partial charge in [0.25, 0.3) is 0 Å². The first-order valence-corrected chi connectivity index (χ1v) is 10.2. The van der Waals surface area contributed by atoms with Crippen molar-refractivity contribution in [3.05, 3.63) is 54.1 Å². The second kappa shape index (κ2) is 4.87. The van der Waals surface area contributed by atoms with Crippen LogP contribution in [0.2, 0.25) is 12.1 Å². The molecule has 0 bridgehead atoms. The second-order valence-electron chi connectivity index (χ2n) is 6.20. The molecule has 0 atom stereocenters. The fourth-order valence-electron chi connectivity index (χ4n) is 4.03. The molecule has 1 N–H and O–H groups in total. The monoisotopic (exact) mass is 279 g/mol. The van der Waals surface area contributed by atoms with Crippen molar-refractivity contribution in [3.8, 4) is 11.1 Å². The Kier molecular flexibility index (Phi) is 3.01. The molecule has 20 heavy (non-hydrogen) atoms. The van der Waals surface area contributed by atoms with E-state index >= 15 is 0 Å². The van der Waals surface area contributed by atoms with Gasteiger partial charge in [-0.2, -0.15) is 0 Å². The summed E-state index contributed by atoms with van der Waals surface area (Å²) in [5, 5.41) is 1.71. The molecule has 102 valence electrons. The summed E-state index contributed by atoms with van der Waals surface area (Å²) in [4.78, 5) is 3.95. The molecule has 1 saturated heterocycles. The minimum atomic E-state index is -1.31. The van der Waals surface area contributed by atoms with E-state index in [0.717, 1.165) is 0 Å². The molecule has 2 heterocycles. The number of hydrogen-bond donors (Lipinski definition) is 1. The zero-order chi connectivity index (χ0) is 13.4. The maximum absolute atomic E-state index is 3.95. The van der Waals surface area contributed by atoms with Gasteiger partial charge in [0, 0.05) is 0 Å². The predicted octanol–water partition coefficient (Wildman–Crippen LogP) is 3.45. The van der Waals surface area contributed by atoms with E-state index in [9.17, 15) is 0 Å². The molecule has 0 aliphatic carbocycles. The van der Waals surface area contributed by atoms with Crippen LogP contribution in [-0.4, -0.2) is 14.8 Å². The highest BCUT2D eigenvalue weighted by atomic mass is 28.3. The molecule has 4 rings (SSSR count). The molecule has 2 aliphatic rings. The quantitative estimate of drug-likeness (QED) is 0.789. The predicted molar refractivity (Wildman–Crippen MR) is 87.8 cm³/mol. The zero-order valence-electron chi connectivity index (χ0n) is 11.9. The Morgan fingerprint density at radius 1 is 0.850 bits per heavy atom. The number of nitrogens with one attached hydrogen (secondary N) is 1. The standard InChI is InChI=1S/C18H21NSi/c1-2-6-15(7-3-1)16-8-9-18-17(14-16)10-11-19-20(18)12-4-5-13-20/h1-3,6-9,14,19H,4-5,10-13H2. The van der Waals surface area contributed by atoms with Gasteiger partial charge in [0.1, 0.15) is 0 Å². The Morgan fingerprint density at radius 3 is 2.45 bits per heavy atom. The summed E-state index contributed by atoms with van der Waals surface area (Å²) in [6, 6.07) is 20.9. The highest BCUT2D eigenvalue weighted by molar-refractivity contribution is 6.90. The van der Waals surface area contributed by atoms with Crippen molar-refractivity contribution < 1.29 is 0 Å². The first-order chi connectivity index (χ1) is 9.87. The van der Waals surface area contributed by atoms with Crippen molar-refractivity contribution in [3.63, 3.8) is 0 Å². The Balaban J connectivity index is 1.78. The van der Waals surface area contributed by atoms with Crippen LogP contribution in [0.1, 0.15) is 18.4 Å². The van der Waals surface area contributed by atoms with Gasteiger partial charge in [0.2, 0.25) is 0 Å². The van der Waals surface area contributed by atoms with Crippen LogP contribution in [0.15, 0.2) is 48.5 Å². The molecule has 0 saturated carbocycles. The van der Waals surface area contributed by atoms with Crippen LogP contribution in [0.25, 0.3) is 11.1 Å². The zero-order valence-corrected chi connectivity index (χ0v) is 12.9. The van der Waals surface area contributed by atoms with Gasteiger partial charge >= 0.3 is 0 Å². The molecule has 2 aromatic carbocycles. The van der Waals surface area contributed by atoms with E-state index in [2.05, 4.69) is 53.5 Å². The van der Waals surface area contributed by atoms with Gasteiger partial charge in [-0.05, 0) is 46.9 Å². The van der Waals surface area contributed by atoms with Crippen molar-refractivity contribution in [2.75, 3.05) is 6.54 Å². The van der Waals surface area contributed by atoms with Gasteiger partial charge in [0.15, 0.2) is 8.24 Å². The second-order valence-corrected chi connectivity index (χ2v) is 10.3. The highest BCUT2D eigenvalue weighted by Crippen LogP contribution is 2.31. The summed E-state index contributed by atoms with van der Waals surface area (Å²) in [6.07, 6.45) is 4.06. The van der Waals surface area contributed by atoms with Gasteiger partial charge in [-0.15, -0.1) is 0 Å². The van der Waals surface area contributed by atoms with Crippen LogP contribution in [0.3, 0.4) is 0 Å². The van der Waals surface area contributed by atoms with E-state index in [4.69, 9.17) is 0 Å². The fraction of sp³-hybridized carbons (Fsp3) is 0.333. The SMILES string of the molecule is c1ccc(-c2ccc3c(c2)CCN[Si]32CCCC2)cc1. The number of benzene rings is 2. The van der Waals surface area contributed by atoms with E-state index in [-0.39, 0.29) is 0 Å². The van der Waals surface area contributed by atoms with Gasteiger partial charge in [0.05, 0.1) is 0 Å². The van der Waals surface area contributed by atoms with E-state index in [1.165, 1.54) is 49.0 Å². The molecular weight excluding hydrogens is 258 g/mol. The van der Waals surface area contributed by atoms with Crippen molar-refractivity contribution in [2.45, 2.75) is 31.4 Å². The molecule has 1 spiro atoms. The highest BCUT2D eigenvalue weighted by Gasteiger charge is 2.41. The molecule has 0 amide bonds. The summed E-state index contributed by atoms with van der Waals surface area (Å²) >= 11 is 0. The smallest absolute Gasteiger partial charge is 0.158 e. The Morgan fingerprint density at radius 2 is 1.65 bits per heavy atom. The van der Waals surface area contributed by atoms with Crippen molar-refractivity contribution in [2.24, 2.45) is 0 Å². The average Bonchev–Trinajstić information content (AvgIpc) is 2.97. The molecule has 0 unspecified atom stereocenters. The third-order valence-electron chi connectivity index (χ3n) is 5.04. The van der Waals surface area contributed by atoms with Crippen LogP contribution in [0, 0.1) is 0 Å². The Labute approximate surface area is 122 Å². The van der Waals surface area contributed by atoms with Gasteiger partial charge in [-0.25, -0.2) is 0 Å². The normalized spacial score (nSPS) is 20.0. The summed E-state index contributed by atoms with van der Waals surface area (Å²) < 4.78 is 0. The van der Waals surface area contributed by atoms with Crippen LogP contribution >= 0.6 is 0 Å². The lowest BCUT2D eigenvalue weighted by Gasteiger charge is -2.35. The topological polar surface area (TPSA) is 12.0 Å². The summed E-state index contributed by atoms with van der Waals surface area (Å²) in [7, 11) is -1.31. The Hall–Kier alpha value is -1.38. The maximum atomic E-state index is 3.95. The third-order valence-corrected chi connectivity index (χ3v) is 9.90. The van der Waals surface area contributed by atoms with Crippen LogP contribution in [-0.2, 0) is 6.42 Å². The van der Waals surface area contributed by atoms with Crippen LogP contribution in [0.4, 0.5) is 0 Å². The first kappa shape index (κ1) is 12.4. The fourth-order valence-corrected chi connectivity index (χ4v) is 8.89. The van der Waals surface area contributed by atoms with E-state index in [1.54, 1.807) is 10.8 Å². The summed E-state index contributed by atoms with van der Waals surface area (Å²) in [5.74, 6) is 0. The van der Waals surface area contributed by atoms with Crippen molar-refractivity contribution in [1.82, 2.24) is 4.98 Å².